The molecule has 1 aliphatic carbocycles. The van der Waals surface area contributed by atoms with Gasteiger partial charge in [0, 0.05) is 24.4 Å². The first-order chi connectivity index (χ1) is 8.31. The van der Waals surface area contributed by atoms with Crippen LogP contribution in [0.15, 0.2) is 0 Å². The van der Waals surface area contributed by atoms with Crippen LogP contribution in [-0.2, 0) is 9.53 Å². The minimum Gasteiger partial charge on any atom is -0.378 e. The molecule has 2 rings (SSSR count). The van der Waals surface area contributed by atoms with Crippen molar-refractivity contribution in [3.05, 3.63) is 0 Å². The molecule has 0 aromatic rings. The summed E-state index contributed by atoms with van der Waals surface area (Å²) in [5.74, 6) is 0.222. The lowest BCUT2D eigenvalue weighted by molar-refractivity contribution is -0.134. The van der Waals surface area contributed by atoms with Gasteiger partial charge in [0.1, 0.15) is 0 Å². The van der Waals surface area contributed by atoms with Crippen LogP contribution in [0.2, 0.25) is 0 Å². The Kier molecular flexibility index (Phi) is 5.13. The molecule has 0 aromatic heterocycles. The Hall–Kier alpha value is -0.260. The molecule has 0 bridgehead atoms. The number of hydrogen-bond acceptors (Lipinski definition) is 4. The molecule has 5 heteroatoms. The average molecular weight is 258 g/mol. The number of amides is 1. The normalized spacial score (nSPS) is 29.6. The molecule has 2 atom stereocenters. The zero-order valence-corrected chi connectivity index (χ0v) is 11.3. The lowest BCUT2D eigenvalue weighted by Gasteiger charge is -2.28. The molecule has 1 heterocycles. The fourth-order valence-corrected chi connectivity index (χ4v) is 3.55. The lowest BCUT2D eigenvalue weighted by Crippen LogP contribution is -2.47. The van der Waals surface area contributed by atoms with Gasteiger partial charge in [-0.2, -0.15) is 11.8 Å². The number of ether oxygens (including phenoxy) is 1. The molecule has 2 unspecified atom stereocenters. The molecule has 17 heavy (non-hydrogen) atoms. The number of carbonyl (C=O) groups excluding carboxylic acids is 1. The van der Waals surface area contributed by atoms with E-state index in [-0.39, 0.29) is 5.91 Å². The van der Waals surface area contributed by atoms with Crippen molar-refractivity contribution in [3.8, 4) is 0 Å². The van der Waals surface area contributed by atoms with Gasteiger partial charge >= 0.3 is 0 Å². The van der Waals surface area contributed by atoms with Crippen LogP contribution in [0.4, 0.5) is 0 Å². The van der Waals surface area contributed by atoms with Gasteiger partial charge in [0.15, 0.2) is 0 Å². The molecule has 98 valence electrons. The Morgan fingerprint density at radius 2 is 2.18 bits per heavy atom. The Morgan fingerprint density at radius 3 is 2.88 bits per heavy atom. The number of nitrogens with one attached hydrogen (secondary N) is 1. The molecule has 1 saturated carbocycles. The quantitative estimate of drug-likeness (QED) is 0.807. The van der Waals surface area contributed by atoms with Crippen molar-refractivity contribution in [2.24, 2.45) is 0 Å². The molecular formula is C12H22N2O2S. The summed E-state index contributed by atoms with van der Waals surface area (Å²) in [6, 6.07) is 0.523. The Morgan fingerprint density at radius 1 is 1.41 bits per heavy atom. The predicted molar refractivity (Wildman–Crippen MR) is 70.3 cm³/mol. The van der Waals surface area contributed by atoms with Crippen molar-refractivity contribution in [1.82, 2.24) is 10.2 Å². The van der Waals surface area contributed by atoms with Crippen molar-refractivity contribution in [1.29, 1.82) is 0 Å². The minimum atomic E-state index is 0.222. The van der Waals surface area contributed by atoms with Gasteiger partial charge in [-0.3, -0.25) is 4.79 Å². The summed E-state index contributed by atoms with van der Waals surface area (Å²) in [7, 11) is 0. The molecule has 0 radical (unpaired) electrons. The number of nitrogens with zero attached hydrogens (tertiary/aromatic N) is 1. The molecule has 0 aromatic carbocycles. The van der Waals surface area contributed by atoms with E-state index in [1.807, 2.05) is 16.7 Å². The summed E-state index contributed by atoms with van der Waals surface area (Å²) >= 11 is 1.92. The zero-order chi connectivity index (χ0) is 12.1. The van der Waals surface area contributed by atoms with E-state index in [2.05, 4.69) is 11.6 Å². The highest BCUT2D eigenvalue weighted by molar-refractivity contribution is 7.99. The number of morpholine rings is 1. The first-order valence-corrected chi connectivity index (χ1v) is 7.72. The van der Waals surface area contributed by atoms with E-state index in [0.717, 1.165) is 13.1 Å². The summed E-state index contributed by atoms with van der Waals surface area (Å²) in [6.45, 7) is 3.35. The highest BCUT2D eigenvalue weighted by Gasteiger charge is 2.27. The SMILES string of the molecule is CSC1CCCC1NCC(=O)N1CCOCC1. The van der Waals surface area contributed by atoms with Crippen molar-refractivity contribution in [2.75, 3.05) is 39.1 Å². The van der Waals surface area contributed by atoms with Crippen molar-refractivity contribution in [2.45, 2.75) is 30.6 Å². The highest BCUT2D eigenvalue weighted by Crippen LogP contribution is 2.28. The third-order valence-electron chi connectivity index (χ3n) is 3.63. The molecular weight excluding hydrogens is 236 g/mol. The maximum atomic E-state index is 12.0. The predicted octanol–water partition coefficient (Wildman–Crippen LogP) is 0.719. The van der Waals surface area contributed by atoms with Crippen LogP contribution in [0.25, 0.3) is 0 Å². The second-order valence-corrected chi connectivity index (χ2v) is 5.76. The van der Waals surface area contributed by atoms with Crippen LogP contribution in [-0.4, -0.2) is 61.2 Å². The first kappa shape index (κ1) is 13.2. The molecule has 1 N–H and O–H groups in total. The first-order valence-electron chi connectivity index (χ1n) is 6.43. The Labute approximate surface area is 107 Å². The van der Waals surface area contributed by atoms with Crippen LogP contribution < -0.4 is 5.32 Å². The van der Waals surface area contributed by atoms with Crippen LogP contribution >= 0.6 is 11.8 Å². The van der Waals surface area contributed by atoms with Crippen molar-refractivity contribution < 1.29 is 9.53 Å². The standard InChI is InChI=1S/C12H22N2O2S/c1-17-11-4-2-3-10(11)13-9-12(15)14-5-7-16-8-6-14/h10-11,13H,2-9H2,1H3. The minimum absolute atomic E-state index is 0.222. The number of rotatable bonds is 4. The molecule has 1 aliphatic heterocycles. The van der Waals surface area contributed by atoms with Gasteiger partial charge in [0.05, 0.1) is 19.8 Å². The molecule has 4 nitrogen and oxygen atoms in total. The maximum Gasteiger partial charge on any atom is 0.236 e. The van der Waals surface area contributed by atoms with E-state index in [9.17, 15) is 4.79 Å². The average Bonchev–Trinajstić information content (AvgIpc) is 2.84. The summed E-state index contributed by atoms with van der Waals surface area (Å²) in [6.07, 6.45) is 5.94. The largest absolute Gasteiger partial charge is 0.378 e. The van der Waals surface area contributed by atoms with E-state index >= 15 is 0 Å². The van der Waals surface area contributed by atoms with E-state index in [0.29, 0.717) is 31.1 Å². The monoisotopic (exact) mass is 258 g/mol. The smallest absolute Gasteiger partial charge is 0.236 e. The number of carbonyl (C=O) groups is 1. The second-order valence-electron chi connectivity index (χ2n) is 4.69. The topological polar surface area (TPSA) is 41.6 Å². The van der Waals surface area contributed by atoms with Gasteiger partial charge in [-0.15, -0.1) is 0 Å². The summed E-state index contributed by atoms with van der Waals surface area (Å²) in [5.41, 5.74) is 0. The van der Waals surface area contributed by atoms with E-state index in [4.69, 9.17) is 4.74 Å². The Bertz CT molecular complexity index is 257. The van der Waals surface area contributed by atoms with Crippen LogP contribution in [0, 0.1) is 0 Å². The van der Waals surface area contributed by atoms with E-state index in [1.165, 1.54) is 19.3 Å². The number of hydrogen-bond donors (Lipinski definition) is 1. The molecule has 2 aliphatic rings. The lowest BCUT2D eigenvalue weighted by atomic mass is 10.2. The van der Waals surface area contributed by atoms with Gasteiger partial charge in [-0.05, 0) is 19.1 Å². The van der Waals surface area contributed by atoms with E-state index < -0.39 is 0 Å². The molecule has 1 amide bonds. The van der Waals surface area contributed by atoms with Crippen LogP contribution in [0.1, 0.15) is 19.3 Å². The van der Waals surface area contributed by atoms with Gasteiger partial charge in [-0.25, -0.2) is 0 Å². The van der Waals surface area contributed by atoms with Gasteiger partial charge in [0.2, 0.25) is 5.91 Å². The van der Waals surface area contributed by atoms with Crippen molar-refractivity contribution >= 4 is 17.7 Å². The fourth-order valence-electron chi connectivity index (χ4n) is 2.58. The Balaban J connectivity index is 1.71. The second kappa shape index (κ2) is 6.61. The summed E-state index contributed by atoms with van der Waals surface area (Å²) < 4.78 is 5.24. The summed E-state index contributed by atoms with van der Waals surface area (Å²) in [5, 5.41) is 4.11. The van der Waals surface area contributed by atoms with Crippen LogP contribution in [0.3, 0.4) is 0 Å². The molecule has 1 saturated heterocycles. The van der Waals surface area contributed by atoms with Gasteiger partial charge in [-0.1, -0.05) is 6.42 Å². The fraction of sp³-hybridized carbons (Fsp3) is 0.917. The van der Waals surface area contributed by atoms with Gasteiger partial charge in [0.25, 0.3) is 0 Å². The highest BCUT2D eigenvalue weighted by atomic mass is 32.2. The van der Waals surface area contributed by atoms with Gasteiger partial charge < -0.3 is 15.0 Å². The molecule has 2 fully saturated rings. The molecule has 0 spiro atoms. The maximum absolute atomic E-state index is 12.0. The third-order valence-corrected chi connectivity index (χ3v) is 4.80. The third kappa shape index (κ3) is 3.60. The van der Waals surface area contributed by atoms with Crippen molar-refractivity contribution in [3.63, 3.8) is 0 Å². The summed E-state index contributed by atoms with van der Waals surface area (Å²) in [4.78, 5) is 13.9. The zero-order valence-electron chi connectivity index (χ0n) is 10.5. The number of thioether (sulfide) groups is 1. The van der Waals surface area contributed by atoms with E-state index in [1.54, 1.807) is 0 Å². The van der Waals surface area contributed by atoms with Crippen LogP contribution in [0.5, 0.6) is 0 Å².